The molecular formula is C21H22ClNO3S. The number of halogens is 1. The van der Waals surface area contributed by atoms with Crippen LogP contribution < -0.4 is 9.47 Å². The van der Waals surface area contributed by atoms with E-state index >= 15 is 0 Å². The fraction of sp³-hybridized carbons (Fsp3) is 0.381. The molecule has 0 bridgehead atoms. The van der Waals surface area contributed by atoms with E-state index in [9.17, 15) is 4.79 Å². The maximum absolute atomic E-state index is 12.8. The lowest BCUT2D eigenvalue weighted by Crippen LogP contribution is -2.32. The predicted molar refractivity (Wildman–Crippen MR) is 109 cm³/mol. The standard InChI is InChI=1S/C21H22ClNO3S/c22-17-6-3-15(4-7-17)13-27-14-21(24)23-9-1-2-18(23)16-5-8-19-20(12-16)26-11-10-25-19/h3-8,12,18H,1-2,9-11,13-14H2. The lowest BCUT2D eigenvalue weighted by Gasteiger charge is -2.26. The van der Waals surface area contributed by atoms with Crippen LogP contribution in [-0.4, -0.2) is 36.3 Å². The maximum Gasteiger partial charge on any atom is 0.233 e. The number of hydrogen-bond donors (Lipinski definition) is 0. The Hall–Kier alpha value is -1.85. The van der Waals surface area contributed by atoms with Crippen molar-refractivity contribution in [3.8, 4) is 11.5 Å². The van der Waals surface area contributed by atoms with Crippen LogP contribution in [0.3, 0.4) is 0 Å². The molecule has 0 aliphatic carbocycles. The molecule has 0 aromatic heterocycles. The summed E-state index contributed by atoms with van der Waals surface area (Å²) in [7, 11) is 0. The van der Waals surface area contributed by atoms with E-state index in [0.29, 0.717) is 19.0 Å². The molecule has 2 aliphatic heterocycles. The molecule has 27 heavy (non-hydrogen) atoms. The van der Waals surface area contributed by atoms with E-state index in [4.69, 9.17) is 21.1 Å². The molecule has 2 aromatic carbocycles. The number of ether oxygens (including phenoxy) is 2. The SMILES string of the molecule is O=C(CSCc1ccc(Cl)cc1)N1CCCC1c1ccc2c(c1)OCCO2. The van der Waals surface area contributed by atoms with E-state index < -0.39 is 0 Å². The lowest BCUT2D eigenvalue weighted by molar-refractivity contribution is -0.129. The Morgan fingerprint density at radius 2 is 1.89 bits per heavy atom. The van der Waals surface area contributed by atoms with Gasteiger partial charge in [0.25, 0.3) is 0 Å². The number of thioether (sulfide) groups is 1. The third kappa shape index (κ3) is 4.36. The summed E-state index contributed by atoms with van der Waals surface area (Å²) in [6.07, 6.45) is 2.03. The third-order valence-electron chi connectivity index (χ3n) is 4.93. The number of rotatable bonds is 5. The molecule has 0 saturated carbocycles. The molecule has 1 unspecified atom stereocenters. The Kier molecular flexibility index (Phi) is 5.79. The number of fused-ring (bicyclic) bond motifs is 1. The van der Waals surface area contributed by atoms with Crippen molar-refractivity contribution < 1.29 is 14.3 Å². The number of benzene rings is 2. The fourth-order valence-electron chi connectivity index (χ4n) is 3.60. The lowest BCUT2D eigenvalue weighted by atomic mass is 10.0. The summed E-state index contributed by atoms with van der Waals surface area (Å²) in [5.41, 5.74) is 2.31. The number of carbonyl (C=O) groups is 1. The molecule has 2 aromatic rings. The monoisotopic (exact) mass is 403 g/mol. The van der Waals surface area contributed by atoms with Gasteiger partial charge in [0.1, 0.15) is 13.2 Å². The third-order valence-corrected chi connectivity index (χ3v) is 6.17. The summed E-state index contributed by atoms with van der Waals surface area (Å²) in [5.74, 6) is 3.08. The summed E-state index contributed by atoms with van der Waals surface area (Å²) >= 11 is 7.56. The van der Waals surface area contributed by atoms with Crippen molar-refractivity contribution in [1.29, 1.82) is 0 Å². The number of carbonyl (C=O) groups excluding carboxylic acids is 1. The molecular weight excluding hydrogens is 382 g/mol. The highest BCUT2D eigenvalue weighted by atomic mass is 35.5. The van der Waals surface area contributed by atoms with E-state index in [0.717, 1.165) is 47.2 Å². The van der Waals surface area contributed by atoms with Gasteiger partial charge < -0.3 is 14.4 Å². The second kappa shape index (κ2) is 8.44. The van der Waals surface area contributed by atoms with E-state index in [-0.39, 0.29) is 11.9 Å². The molecule has 1 atom stereocenters. The fourth-order valence-corrected chi connectivity index (χ4v) is 4.60. The van der Waals surface area contributed by atoms with Crippen molar-refractivity contribution in [2.75, 3.05) is 25.5 Å². The Morgan fingerprint density at radius 3 is 2.70 bits per heavy atom. The van der Waals surface area contributed by atoms with Gasteiger partial charge in [-0.25, -0.2) is 0 Å². The molecule has 2 aliphatic rings. The van der Waals surface area contributed by atoms with Crippen molar-refractivity contribution in [2.24, 2.45) is 0 Å². The van der Waals surface area contributed by atoms with Crippen LogP contribution in [0.4, 0.5) is 0 Å². The molecule has 1 saturated heterocycles. The minimum absolute atomic E-state index is 0.129. The zero-order valence-corrected chi connectivity index (χ0v) is 16.6. The van der Waals surface area contributed by atoms with Gasteiger partial charge in [0.15, 0.2) is 11.5 Å². The van der Waals surface area contributed by atoms with Gasteiger partial charge in [-0.05, 0) is 48.2 Å². The summed E-state index contributed by atoms with van der Waals surface area (Å²) < 4.78 is 11.3. The maximum atomic E-state index is 12.8. The molecule has 0 N–H and O–H groups in total. The van der Waals surface area contributed by atoms with Gasteiger partial charge in [-0.2, -0.15) is 0 Å². The van der Waals surface area contributed by atoms with Crippen molar-refractivity contribution >= 4 is 29.3 Å². The van der Waals surface area contributed by atoms with Crippen LogP contribution in [0, 0.1) is 0 Å². The quantitative estimate of drug-likeness (QED) is 0.724. The highest BCUT2D eigenvalue weighted by Crippen LogP contribution is 2.38. The van der Waals surface area contributed by atoms with Crippen LogP contribution in [-0.2, 0) is 10.5 Å². The van der Waals surface area contributed by atoms with Crippen LogP contribution in [0.1, 0.15) is 30.0 Å². The van der Waals surface area contributed by atoms with Crippen molar-refractivity contribution in [2.45, 2.75) is 24.6 Å². The van der Waals surface area contributed by atoms with Crippen molar-refractivity contribution in [3.63, 3.8) is 0 Å². The number of hydrogen-bond acceptors (Lipinski definition) is 4. The van der Waals surface area contributed by atoms with Gasteiger partial charge in [-0.1, -0.05) is 29.8 Å². The van der Waals surface area contributed by atoms with Gasteiger partial charge in [-0.3, -0.25) is 4.79 Å². The first-order valence-electron chi connectivity index (χ1n) is 9.22. The van der Waals surface area contributed by atoms with Crippen LogP contribution in [0.15, 0.2) is 42.5 Å². The van der Waals surface area contributed by atoms with Gasteiger partial charge in [0, 0.05) is 17.3 Å². The molecule has 2 heterocycles. The average molecular weight is 404 g/mol. The summed E-state index contributed by atoms with van der Waals surface area (Å²) in [6.45, 7) is 1.98. The molecule has 142 valence electrons. The van der Waals surface area contributed by atoms with Crippen molar-refractivity contribution in [1.82, 2.24) is 4.90 Å². The highest BCUT2D eigenvalue weighted by Gasteiger charge is 2.30. The normalized spacial score (nSPS) is 18.6. The highest BCUT2D eigenvalue weighted by molar-refractivity contribution is 7.99. The summed E-state index contributed by atoms with van der Waals surface area (Å²) in [4.78, 5) is 14.8. The molecule has 0 radical (unpaired) electrons. The minimum atomic E-state index is 0.129. The van der Waals surface area contributed by atoms with Gasteiger partial charge >= 0.3 is 0 Å². The summed E-state index contributed by atoms with van der Waals surface area (Å²) in [6, 6.07) is 14.0. The van der Waals surface area contributed by atoms with Gasteiger partial charge in [0.05, 0.1) is 11.8 Å². The Balaban J connectivity index is 1.37. The minimum Gasteiger partial charge on any atom is -0.486 e. The summed E-state index contributed by atoms with van der Waals surface area (Å²) in [5, 5.41) is 0.735. The molecule has 4 nitrogen and oxygen atoms in total. The van der Waals surface area contributed by atoms with E-state index in [1.165, 1.54) is 5.56 Å². The molecule has 1 fully saturated rings. The molecule has 4 rings (SSSR count). The van der Waals surface area contributed by atoms with E-state index in [2.05, 4.69) is 6.07 Å². The number of amides is 1. The Morgan fingerprint density at radius 1 is 1.11 bits per heavy atom. The second-order valence-electron chi connectivity index (χ2n) is 6.77. The van der Waals surface area contributed by atoms with Crippen LogP contribution >= 0.6 is 23.4 Å². The zero-order chi connectivity index (χ0) is 18.6. The van der Waals surface area contributed by atoms with E-state index in [1.54, 1.807) is 11.8 Å². The first-order valence-corrected chi connectivity index (χ1v) is 10.8. The van der Waals surface area contributed by atoms with Gasteiger partial charge in [-0.15, -0.1) is 11.8 Å². The Bertz CT molecular complexity index is 812. The predicted octanol–water partition coefficient (Wildman–Crippen LogP) is 4.71. The Labute approximate surface area is 168 Å². The number of likely N-dealkylation sites (tertiary alicyclic amines) is 1. The zero-order valence-electron chi connectivity index (χ0n) is 15.0. The largest absolute Gasteiger partial charge is 0.486 e. The topological polar surface area (TPSA) is 38.8 Å². The van der Waals surface area contributed by atoms with Crippen molar-refractivity contribution in [3.05, 3.63) is 58.6 Å². The van der Waals surface area contributed by atoms with Crippen LogP contribution in [0.5, 0.6) is 11.5 Å². The van der Waals surface area contributed by atoms with Crippen LogP contribution in [0.2, 0.25) is 5.02 Å². The second-order valence-corrected chi connectivity index (χ2v) is 8.19. The first kappa shape index (κ1) is 18.5. The smallest absolute Gasteiger partial charge is 0.233 e. The molecule has 0 spiro atoms. The molecule has 6 heteroatoms. The average Bonchev–Trinajstić information content (AvgIpc) is 3.19. The van der Waals surface area contributed by atoms with Gasteiger partial charge in [0.2, 0.25) is 5.91 Å². The molecule has 1 amide bonds. The number of nitrogens with zero attached hydrogens (tertiary/aromatic N) is 1. The van der Waals surface area contributed by atoms with Crippen LogP contribution in [0.25, 0.3) is 0 Å². The first-order chi connectivity index (χ1) is 13.2. The van der Waals surface area contributed by atoms with E-state index in [1.807, 2.05) is 41.3 Å².